The summed E-state index contributed by atoms with van der Waals surface area (Å²) in [5.74, 6) is 1.28. The first-order chi connectivity index (χ1) is 19.2. The van der Waals surface area contributed by atoms with Crippen LogP contribution in [0.5, 0.6) is 17.2 Å². The van der Waals surface area contributed by atoms with Crippen LogP contribution >= 0.6 is 0 Å². The summed E-state index contributed by atoms with van der Waals surface area (Å²) in [6.07, 6.45) is 0.00198. The summed E-state index contributed by atoms with van der Waals surface area (Å²) >= 11 is 0. The van der Waals surface area contributed by atoms with E-state index in [0.29, 0.717) is 40.5 Å². The first-order valence-electron chi connectivity index (χ1n) is 13.1. The Hall–Kier alpha value is -4.46. The second-order valence-electron chi connectivity index (χ2n) is 10.3. The van der Waals surface area contributed by atoms with E-state index in [9.17, 15) is 14.7 Å². The van der Waals surface area contributed by atoms with Gasteiger partial charge in [-0.3, -0.25) is 9.59 Å². The predicted molar refractivity (Wildman–Crippen MR) is 155 cm³/mol. The molecular formula is C33H34N2O5. The average Bonchev–Trinajstić information content (AvgIpc) is 2.96. The second-order valence-corrected chi connectivity index (χ2v) is 10.3. The maximum atomic E-state index is 12.7. The average molecular weight is 539 g/mol. The van der Waals surface area contributed by atoms with E-state index < -0.39 is 12.0 Å². The summed E-state index contributed by atoms with van der Waals surface area (Å²) < 4.78 is 11.6. The van der Waals surface area contributed by atoms with Crippen molar-refractivity contribution in [2.45, 2.75) is 31.9 Å². The number of ether oxygens (including phenoxy) is 2. The molecule has 4 aromatic carbocycles. The minimum Gasteiger partial charge on any atom is -0.491 e. The second kappa shape index (κ2) is 13.1. The number of primary amides is 1. The highest BCUT2D eigenvalue weighted by atomic mass is 16.5. The molecule has 0 heterocycles. The topological polar surface area (TPSA) is 111 Å². The number of amides is 1. The standard InChI is InChI=1S/C33H34N2O5/c1-33(2,20-23-11-15-28(16-12-23)40-29-17-13-25(14-18-29)32(34)38)35-21-27(36)22-39-30-10-6-9-26(19-30)31(37)24-7-4-3-5-8-24/h3-19,27,35-36H,20-22H2,1-2H3,(H2,34,38)/t27-/m1/s1. The Balaban J connectivity index is 1.23. The molecule has 4 aromatic rings. The summed E-state index contributed by atoms with van der Waals surface area (Å²) in [5.41, 5.74) is 7.69. The van der Waals surface area contributed by atoms with Gasteiger partial charge >= 0.3 is 0 Å². The highest BCUT2D eigenvalue weighted by molar-refractivity contribution is 6.09. The van der Waals surface area contributed by atoms with Crippen molar-refractivity contribution in [3.05, 3.63) is 125 Å². The van der Waals surface area contributed by atoms with Crippen molar-refractivity contribution in [1.29, 1.82) is 0 Å². The monoisotopic (exact) mass is 538 g/mol. The zero-order valence-electron chi connectivity index (χ0n) is 22.7. The Kier molecular flexibility index (Phi) is 9.32. The van der Waals surface area contributed by atoms with Crippen LogP contribution < -0.4 is 20.5 Å². The van der Waals surface area contributed by atoms with Gasteiger partial charge in [0.1, 0.15) is 30.0 Å². The molecule has 4 N–H and O–H groups in total. The Bertz CT molecular complexity index is 1420. The number of ketones is 1. The Labute approximate surface area is 234 Å². The van der Waals surface area contributed by atoms with E-state index in [1.807, 2.05) is 42.5 Å². The van der Waals surface area contributed by atoms with E-state index in [-0.39, 0.29) is 17.9 Å². The molecule has 0 unspecified atom stereocenters. The van der Waals surface area contributed by atoms with Crippen LogP contribution in [0.2, 0.25) is 0 Å². The molecule has 0 saturated heterocycles. The number of carbonyl (C=O) groups is 2. The maximum Gasteiger partial charge on any atom is 0.248 e. The summed E-state index contributed by atoms with van der Waals surface area (Å²) in [7, 11) is 0. The molecule has 7 heteroatoms. The maximum absolute atomic E-state index is 12.7. The number of aliphatic hydroxyl groups is 1. The molecule has 40 heavy (non-hydrogen) atoms. The van der Waals surface area contributed by atoms with Gasteiger partial charge in [-0.05, 0) is 74.4 Å². The summed E-state index contributed by atoms with van der Waals surface area (Å²) in [6, 6.07) is 30.6. The molecule has 0 aliphatic rings. The van der Waals surface area contributed by atoms with Crippen LogP contribution in [0, 0.1) is 0 Å². The summed E-state index contributed by atoms with van der Waals surface area (Å²) in [5, 5.41) is 13.9. The molecule has 0 aromatic heterocycles. The van der Waals surface area contributed by atoms with Crippen LogP contribution in [0.15, 0.2) is 103 Å². The lowest BCUT2D eigenvalue weighted by atomic mass is 9.94. The van der Waals surface area contributed by atoms with Crippen LogP contribution in [0.1, 0.15) is 45.7 Å². The lowest BCUT2D eigenvalue weighted by molar-refractivity contribution is 0.0984. The van der Waals surface area contributed by atoms with Gasteiger partial charge in [0.05, 0.1) is 0 Å². The largest absolute Gasteiger partial charge is 0.491 e. The number of benzene rings is 4. The zero-order chi connectivity index (χ0) is 28.5. The number of aliphatic hydroxyl groups excluding tert-OH is 1. The molecule has 206 valence electrons. The van der Waals surface area contributed by atoms with E-state index in [1.54, 1.807) is 60.7 Å². The highest BCUT2D eigenvalue weighted by Crippen LogP contribution is 2.23. The van der Waals surface area contributed by atoms with Gasteiger partial charge in [0.15, 0.2) is 5.78 Å². The van der Waals surface area contributed by atoms with Gasteiger partial charge in [-0.1, -0.05) is 54.6 Å². The van der Waals surface area contributed by atoms with Gasteiger partial charge in [-0.15, -0.1) is 0 Å². The van der Waals surface area contributed by atoms with E-state index in [4.69, 9.17) is 15.2 Å². The third kappa shape index (κ3) is 8.27. The number of nitrogens with one attached hydrogen (secondary N) is 1. The van der Waals surface area contributed by atoms with Gasteiger partial charge < -0.3 is 25.6 Å². The minimum absolute atomic E-state index is 0.0755. The van der Waals surface area contributed by atoms with Crippen LogP contribution in [0.25, 0.3) is 0 Å². The van der Waals surface area contributed by atoms with Crippen LogP contribution in [-0.4, -0.2) is 41.6 Å². The summed E-state index contributed by atoms with van der Waals surface area (Å²) in [4.78, 5) is 23.9. The lowest BCUT2D eigenvalue weighted by Crippen LogP contribution is -2.46. The molecule has 4 rings (SSSR count). The molecule has 7 nitrogen and oxygen atoms in total. The quantitative estimate of drug-likeness (QED) is 0.203. The first-order valence-corrected chi connectivity index (χ1v) is 13.1. The molecule has 1 atom stereocenters. The van der Waals surface area contributed by atoms with Crippen molar-refractivity contribution in [2.24, 2.45) is 5.73 Å². The molecule has 0 aliphatic carbocycles. The van der Waals surface area contributed by atoms with Crippen molar-refractivity contribution >= 4 is 11.7 Å². The lowest BCUT2D eigenvalue weighted by Gasteiger charge is -2.28. The first kappa shape index (κ1) is 28.5. The van der Waals surface area contributed by atoms with Crippen LogP contribution in [0.3, 0.4) is 0 Å². The van der Waals surface area contributed by atoms with Gasteiger partial charge in [-0.25, -0.2) is 0 Å². The van der Waals surface area contributed by atoms with E-state index >= 15 is 0 Å². The van der Waals surface area contributed by atoms with Gasteiger partial charge in [0, 0.05) is 28.8 Å². The third-order valence-corrected chi connectivity index (χ3v) is 6.33. The zero-order valence-corrected chi connectivity index (χ0v) is 22.7. The van der Waals surface area contributed by atoms with E-state index in [1.165, 1.54) is 0 Å². The number of nitrogens with two attached hydrogens (primary N) is 1. The fraction of sp³-hybridized carbons (Fsp3) is 0.212. The van der Waals surface area contributed by atoms with E-state index in [2.05, 4.69) is 19.2 Å². The van der Waals surface area contributed by atoms with Crippen LogP contribution in [0.4, 0.5) is 0 Å². The fourth-order valence-corrected chi connectivity index (χ4v) is 4.20. The molecule has 1 amide bonds. The smallest absolute Gasteiger partial charge is 0.248 e. The van der Waals surface area contributed by atoms with E-state index in [0.717, 1.165) is 12.0 Å². The molecule has 0 spiro atoms. The molecule has 0 bridgehead atoms. The van der Waals surface area contributed by atoms with Crippen molar-refractivity contribution in [3.63, 3.8) is 0 Å². The molecular weight excluding hydrogens is 504 g/mol. The van der Waals surface area contributed by atoms with Crippen molar-refractivity contribution < 1.29 is 24.2 Å². The van der Waals surface area contributed by atoms with Crippen molar-refractivity contribution in [2.75, 3.05) is 13.2 Å². The van der Waals surface area contributed by atoms with Gasteiger partial charge in [0.2, 0.25) is 5.91 Å². The molecule has 0 aliphatic heterocycles. The molecule has 0 fully saturated rings. The third-order valence-electron chi connectivity index (χ3n) is 6.33. The highest BCUT2D eigenvalue weighted by Gasteiger charge is 2.20. The number of hydrogen-bond acceptors (Lipinski definition) is 6. The fourth-order valence-electron chi connectivity index (χ4n) is 4.20. The molecule has 0 saturated carbocycles. The van der Waals surface area contributed by atoms with Crippen molar-refractivity contribution in [1.82, 2.24) is 5.32 Å². The predicted octanol–water partition coefficient (Wildman–Crippen LogP) is 5.16. The molecule has 0 radical (unpaired) electrons. The van der Waals surface area contributed by atoms with Crippen LogP contribution in [-0.2, 0) is 6.42 Å². The minimum atomic E-state index is -0.732. The van der Waals surface area contributed by atoms with Gasteiger partial charge in [-0.2, -0.15) is 0 Å². The summed E-state index contributed by atoms with van der Waals surface area (Å²) in [6.45, 7) is 4.59. The number of hydrogen-bond donors (Lipinski definition) is 3. The van der Waals surface area contributed by atoms with Gasteiger partial charge in [0.25, 0.3) is 0 Å². The Morgan fingerprint density at radius 2 is 1.43 bits per heavy atom. The number of β-amino-alcohol motifs (C(OH)–C–C–N with tert-alkyl or cyclic N) is 1. The number of rotatable bonds is 13. The normalized spacial score (nSPS) is 12.0. The number of carbonyl (C=O) groups excluding carboxylic acids is 2. The Morgan fingerprint density at radius 3 is 2.08 bits per heavy atom. The van der Waals surface area contributed by atoms with Crippen molar-refractivity contribution in [3.8, 4) is 17.2 Å². The Morgan fingerprint density at radius 1 is 0.800 bits per heavy atom. The SMILES string of the molecule is CC(C)(Cc1ccc(Oc2ccc(C(N)=O)cc2)cc1)NC[C@@H](O)COc1cccc(C(=O)c2ccccc2)c1.